The average molecular weight is 517 g/mol. The van der Waals surface area contributed by atoms with Gasteiger partial charge in [0.15, 0.2) is 5.96 Å². The van der Waals surface area contributed by atoms with Gasteiger partial charge in [-0.1, -0.05) is 12.1 Å². The van der Waals surface area contributed by atoms with Crippen LogP contribution in [0.1, 0.15) is 31.7 Å². The molecular formula is C20H32IN5O3. The molecule has 2 amide bonds. The Morgan fingerprint density at radius 3 is 2.41 bits per heavy atom. The number of hydrogen-bond acceptors (Lipinski definition) is 4. The van der Waals surface area contributed by atoms with Crippen LogP contribution in [0, 0.1) is 5.92 Å². The van der Waals surface area contributed by atoms with Gasteiger partial charge in [-0.05, 0) is 43.4 Å². The zero-order valence-corrected chi connectivity index (χ0v) is 19.7. The summed E-state index contributed by atoms with van der Waals surface area (Å²) in [6, 6.07) is 7.54. The summed E-state index contributed by atoms with van der Waals surface area (Å²) in [5.41, 5.74) is 1.74. The third-order valence-corrected chi connectivity index (χ3v) is 4.80. The molecule has 0 aliphatic carbocycles. The van der Waals surface area contributed by atoms with Crippen LogP contribution >= 0.6 is 24.0 Å². The van der Waals surface area contributed by atoms with Gasteiger partial charge in [-0.15, -0.1) is 24.0 Å². The summed E-state index contributed by atoms with van der Waals surface area (Å²) in [5.74, 6) is 1.45. The summed E-state index contributed by atoms with van der Waals surface area (Å²) in [6.45, 7) is 5.21. The first kappa shape index (κ1) is 25.0. The minimum atomic E-state index is -0.486. The predicted molar refractivity (Wildman–Crippen MR) is 126 cm³/mol. The van der Waals surface area contributed by atoms with Crippen LogP contribution in [0.15, 0.2) is 29.3 Å². The molecule has 0 spiro atoms. The van der Waals surface area contributed by atoms with E-state index in [1.807, 2.05) is 24.3 Å². The van der Waals surface area contributed by atoms with E-state index in [2.05, 4.69) is 32.5 Å². The van der Waals surface area contributed by atoms with Gasteiger partial charge >= 0.3 is 6.09 Å². The third-order valence-electron chi connectivity index (χ3n) is 4.80. The maximum absolute atomic E-state index is 11.6. The maximum atomic E-state index is 11.6. The van der Waals surface area contributed by atoms with Crippen molar-refractivity contribution in [1.29, 1.82) is 0 Å². The molecule has 1 saturated heterocycles. The zero-order chi connectivity index (χ0) is 20.4. The van der Waals surface area contributed by atoms with Crippen LogP contribution < -0.4 is 16.0 Å². The Balaban J connectivity index is 0.00000420. The molecule has 8 nitrogen and oxygen atoms in total. The first-order valence-electron chi connectivity index (χ1n) is 9.73. The SMILES string of the molecule is CCNC(=NCc1ccc(NC(=O)OC)cc1)N1CCC(CC(=O)NC)CC1.I. The van der Waals surface area contributed by atoms with Crippen LogP contribution in [0.2, 0.25) is 0 Å². The number of hydrogen-bond donors (Lipinski definition) is 3. The standard InChI is InChI=1S/C20H31N5O3.HI/c1-4-22-19(25-11-9-15(10-12-25)13-18(26)21-2)23-14-16-5-7-17(8-6-16)24-20(27)28-3;/h5-8,15H,4,9-14H2,1-3H3,(H,21,26)(H,22,23)(H,24,27);1H. The van der Waals surface area contributed by atoms with E-state index in [0.29, 0.717) is 24.6 Å². The van der Waals surface area contributed by atoms with Gasteiger partial charge in [-0.25, -0.2) is 9.79 Å². The Labute approximate surface area is 189 Å². The molecule has 1 heterocycles. The van der Waals surface area contributed by atoms with Gasteiger partial charge in [0.05, 0.1) is 13.7 Å². The van der Waals surface area contributed by atoms with Gasteiger partial charge in [-0.3, -0.25) is 10.1 Å². The summed E-state index contributed by atoms with van der Waals surface area (Å²) in [4.78, 5) is 29.8. The number of halogens is 1. The largest absolute Gasteiger partial charge is 0.453 e. The van der Waals surface area contributed by atoms with Crippen molar-refractivity contribution in [2.24, 2.45) is 10.9 Å². The van der Waals surface area contributed by atoms with E-state index in [1.54, 1.807) is 7.05 Å². The second-order valence-corrected chi connectivity index (χ2v) is 6.79. The van der Waals surface area contributed by atoms with Crippen molar-refractivity contribution in [3.63, 3.8) is 0 Å². The Morgan fingerprint density at radius 1 is 1.21 bits per heavy atom. The Morgan fingerprint density at radius 2 is 1.86 bits per heavy atom. The lowest BCUT2D eigenvalue weighted by molar-refractivity contribution is -0.121. The van der Waals surface area contributed by atoms with E-state index in [4.69, 9.17) is 4.99 Å². The predicted octanol–water partition coefficient (Wildman–Crippen LogP) is 2.80. The number of amides is 2. The highest BCUT2D eigenvalue weighted by molar-refractivity contribution is 14.0. The van der Waals surface area contributed by atoms with Crippen molar-refractivity contribution >= 4 is 47.6 Å². The molecule has 2 rings (SSSR count). The van der Waals surface area contributed by atoms with Crippen LogP contribution in [-0.2, 0) is 16.1 Å². The van der Waals surface area contributed by atoms with Gasteiger partial charge in [0.1, 0.15) is 0 Å². The fourth-order valence-electron chi connectivity index (χ4n) is 3.17. The van der Waals surface area contributed by atoms with E-state index < -0.39 is 6.09 Å². The Bertz CT molecular complexity index is 673. The number of guanidine groups is 1. The molecule has 1 aromatic rings. The average Bonchev–Trinajstić information content (AvgIpc) is 2.72. The molecule has 0 radical (unpaired) electrons. The molecule has 0 unspecified atom stereocenters. The topological polar surface area (TPSA) is 95.1 Å². The van der Waals surface area contributed by atoms with Crippen LogP contribution in [0.5, 0.6) is 0 Å². The van der Waals surface area contributed by atoms with Crippen molar-refractivity contribution in [2.45, 2.75) is 32.7 Å². The van der Waals surface area contributed by atoms with E-state index in [9.17, 15) is 9.59 Å². The maximum Gasteiger partial charge on any atom is 0.411 e. The molecule has 1 fully saturated rings. The van der Waals surface area contributed by atoms with Crippen molar-refractivity contribution in [2.75, 3.05) is 39.1 Å². The highest BCUT2D eigenvalue weighted by atomic mass is 127. The van der Waals surface area contributed by atoms with Crippen LogP contribution in [0.25, 0.3) is 0 Å². The number of nitrogens with zero attached hydrogens (tertiary/aromatic N) is 2. The summed E-state index contributed by atoms with van der Waals surface area (Å²) in [7, 11) is 3.02. The number of carbonyl (C=O) groups is 2. The van der Waals surface area contributed by atoms with E-state index in [0.717, 1.165) is 44.0 Å². The number of likely N-dealkylation sites (tertiary alicyclic amines) is 1. The number of carbonyl (C=O) groups excluding carboxylic acids is 2. The summed E-state index contributed by atoms with van der Waals surface area (Å²) < 4.78 is 4.58. The molecule has 0 saturated carbocycles. The lowest BCUT2D eigenvalue weighted by Crippen LogP contribution is -2.46. The first-order chi connectivity index (χ1) is 13.5. The summed E-state index contributed by atoms with van der Waals surface area (Å²) in [5, 5.41) is 8.69. The lowest BCUT2D eigenvalue weighted by atomic mass is 9.93. The van der Waals surface area contributed by atoms with Crippen LogP contribution in [0.4, 0.5) is 10.5 Å². The summed E-state index contributed by atoms with van der Waals surface area (Å²) in [6.07, 6.45) is 2.10. The number of ether oxygens (including phenoxy) is 1. The second-order valence-electron chi connectivity index (χ2n) is 6.79. The molecule has 162 valence electrons. The number of aliphatic imine (C=N–C) groups is 1. The Hall–Kier alpha value is -2.04. The molecule has 1 aromatic carbocycles. The Kier molecular flexibility index (Phi) is 11.4. The molecule has 9 heteroatoms. The van der Waals surface area contributed by atoms with Gasteiger partial charge in [-0.2, -0.15) is 0 Å². The van der Waals surface area contributed by atoms with Gasteiger partial charge in [0, 0.05) is 38.8 Å². The molecule has 0 bridgehead atoms. The highest BCUT2D eigenvalue weighted by Gasteiger charge is 2.23. The molecule has 0 atom stereocenters. The van der Waals surface area contributed by atoms with Crippen molar-refractivity contribution in [3.8, 4) is 0 Å². The smallest absolute Gasteiger partial charge is 0.411 e. The molecule has 0 aromatic heterocycles. The van der Waals surface area contributed by atoms with Crippen LogP contribution in [-0.4, -0.2) is 56.7 Å². The number of nitrogens with one attached hydrogen (secondary N) is 3. The summed E-state index contributed by atoms with van der Waals surface area (Å²) >= 11 is 0. The molecule has 1 aliphatic rings. The lowest BCUT2D eigenvalue weighted by Gasteiger charge is -2.34. The van der Waals surface area contributed by atoms with Crippen LogP contribution in [0.3, 0.4) is 0 Å². The van der Waals surface area contributed by atoms with E-state index in [1.165, 1.54) is 7.11 Å². The number of anilines is 1. The molecule has 1 aliphatic heterocycles. The minimum Gasteiger partial charge on any atom is -0.453 e. The second kappa shape index (κ2) is 13.2. The third kappa shape index (κ3) is 8.46. The van der Waals surface area contributed by atoms with Crippen molar-refractivity contribution in [3.05, 3.63) is 29.8 Å². The van der Waals surface area contributed by atoms with Gasteiger partial charge in [0.25, 0.3) is 0 Å². The number of methoxy groups -OCH3 is 1. The monoisotopic (exact) mass is 517 g/mol. The highest BCUT2D eigenvalue weighted by Crippen LogP contribution is 2.20. The van der Waals surface area contributed by atoms with E-state index in [-0.39, 0.29) is 29.9 Å². The number of benzene rings is 1. The number of rotatable bonds is 6. The van der Waals surface area contributed by atoms with Gasteiger partial charge in [0.2, 0.25) is 5.91 Å². The normalized spacial score (nSPS) is 14.6. The molecule has 3 N–H and O–H groups in total. The fraction of sp³-hybridized carbons (Fsp3) is 0.550. The molecular weight excluding hydrogens is 485 g/mol. The quantitative estimate of drug-likeness (QED) is 0.307. The fourth-order valence-corrected chi connectivity index (χ4v) is 3.17. The van der Waals surface area contributed by atoms with Crippen molar-refractivity contribution in [1.82, 2.24) is 15.5 Å². The minimum absolute atomic E-state index is 0. The van der Waals surface area contributed by atoms with Crippen molar-refractivity contribution < 1.29 is 14.3 Å². The van der Waals surface area contributed by atoms with Gasteiger partial charge < -0.3 is 20.3 Å². The zero-order valence-electron chi connectivity index (χ0n) is 17.4. The van der Waals surface area contributed by atoms with E-state index >= 15 is 0 Å². The molecule has 29 heavy (non-hydrogen) atoms. The first-order valence-corrected chi connectivity index (χ1v) is 9.73. The number of piperidine rings is 1.